The van der Waals surface area contributed by atoms with Gasteiger partial charge in [0.1, 0.15) is 0 Å². The Morgan fingerprint density at radius 3 is 2.48 bits per heavy atom. The lowest BCUT2D eigenvalue weighted by Gasteiger charge is -2.23. The third-order valence-corrected chi connectivity index (χ3v) is 5.77. The lowest BCUT2D eigenvalue weighted by atomic mass is 9.86. The summed E-state index contributed by atoms with van der Waals surface area (Å²) in [5.74, 6) is -0.351. The Hall–Kier alpha value is -2.21. The van der Waals surface area contributed by atoms with Crippen molar-refractivity contribution in [2.75, 3.05) is 32.7 Å². The van der Waals surface area contributed by atoms with Crippen LogP contribution in [-0.2, 0) is 4.79 Å². The van der Waals surface area contributed by atoms with Gasteiger partial charge in [-0.25, -0.2) is 0 Å². The normalized spacial score (nSPS) is 25.3. The van der Waals surface area contributed by atoms with Crippen molar-refractivity contribution in [3.8, 4) is 0 Å². The van der Waals surface area contributed by atoms with Crippen molar-refractivity contribution < 1.29 is 14.4 Å². The Morgan fingerprint density at radius 1 is 1.12 bits per heavy atom. The molecule has 6 nitrogen and oxygen atoms in total. The van der Waals surface area contributed by atoms with Crippen LogP contribution in [-0.4, -0.2) is 60.2 Å². The Kier molecular flexibility index (Phi) is 4.07. The van der Waals surface area contributed by atoms with Gasteiger partial charge in [0, 0.05) is 38.0 Å². The molecule has 1 unspecified atom stereocenters. The topological polar surface area (TPSA) is 69.7 Å². The predicted octanol–water partition coefficient (Wildman–Crippen LogP) is 1.27. The molecule has 4 rings (SSSR count). The number of carbonyl (C=O) groups is 3. The molecule has 0 bridgehead atoms. The monoisotopic (exact) mass is 341 g/mol. The minimum Gasteiger partial charge on any atom is -0.342 e. The molecule has 0 aliphatic carbocycles. The first-order chi connectivity index (χ1) is 12.1. The summed E-state index contributed by atoms with van der Waals surface area (Å²) >= 11 is 0. The lowest BCUT2D eigenvalue weighted by molar-refractivity contribution is -0.130. The molecule has 3 aliphatic heterocycles. The fourth-order valence-corrected chi connectivity index (χ4v) is 4.28. The van der Waals surface area contributed by atoms with E-state index < -0.39 is 0 Å². The number of likely N-dealkylation sites (tertiary alicyclic amines) is 1. The molecule has 1 aromatic carbocycles. The van der Waals surface area contributed by atoms with E-state index in [0.29, 0.717) is 30.5 Å². The van der Waals surface area contributed by atoms with Crippen LogP contribution >= 0.6 is 0 Å². The molecule has 0 radical (unpaired) electrons. The number of imide groups is 1. The van der Waals surface area contributed by atoms with E-state index >= 15 is 0 Å². The highest BCUT2D eigenvalue weighted by molar-refractivity contribution is 6.21. The Labute approximate surface area is 147 Å². The van der Waals surface area contributed by atoms with Crippen LogP contribution in [0.3, 0.4) is 0 Å². The van der Waals surface area contributed by atoms with E-state index in [0.717, 1.165) is 39.0 Å². The molecule has 3 heterocycles. The highest BCUT2D eigenvalue weighted by Crippen LogP contribution is 2.36. The predicted molar refractivity (Wildman–Crippen MR) is 92.2 cm³/mol. The fourth-order valence-electron chi connectivity index (χ4n) is 4.28. The van der Waals surface area contributed by atoms with E-state index in [1.54, 1.807) is 24.3 Å². The van der Waals surface area contributed by atoms with E-state index in [-0.39, 0.29) is 23.1 Å². The molecule has 3 amide bonds. The molecule has 3 aliphatic rings. The lowest BCUT2D eigenvalue weighted by Crippen LogP contribution is -2.34. The number of hydrogen-bond acceptors (Lipinski definition) is 4. The van der Waals surface area contributed by atoms with Gasteiger partial charge >= 0.3 is 0 Å². The highest BCUT2D eigenvalue weighted by atomic mass is 16.2. The van der Waals surface area contributed by atoms with E-state index in [1.807, 2.05) is 4.90 Å². The van der Waals surface area contributed by atoms with Crippen LogP contribution < -0.4 is 5.32 Å². The molecule has 1 N–H and O–H groups in total. The van der Waals surface area contributed by atoms with Gasteiger partial charge in [-0.05, 0) is 37.9 Å². The zero-order valence-corrected chi connectivity index (χ0v) is 14.3. The molecule has 6 heteroatoms. The molecule has 1 spiro atoms. The third-order valence-electron chi connectivity index (χ3n) is 5.77. The quantitative estimate of drug-likeness (QED) is 0.838. The van der Waals surface area contributed by atoms with Crippen LogP contribution in [0, 0.1) is 5.41 Å². The van der Waals surface area contributed by atoms with Gasteiger partial charge in [-0.3, -0.25) is 19.3 Å². The Balaban J connectivity index is 1.29. The van der Waals surface area contributed by atoms with Gasteiger partial charge in [0.05, 0.1) is 11.1 Å². The summed E-state index contributed by atoms with van der Waals surface area (Å²) in [4.78, 5) is 40.3. The van der Waals surface area contributed by atoms with Crippen molar-refractivity contribution in [1.29, 1.82) is 0 Å². The first-order valence-corrected chi connectivity index (χ1v) is 9.03. The third kappa shape index (κ3) is 2.84. The van der Waals surface area contributed by atoms with Crippen LogP contribution in [0.25, 0.3) is 0 Å². The van der Waals surface area contributed by atoms with Crippen LogP contribution in [0.5, 0.6) is 0 Å². The van der Waals surface area contributed by atoms with Crippen molar-refractivity contribution in [3.63, 3.8) is 0 Å². The zero-order chi connectivity index (χ0) is 17.4. The molecule has 1 atom stereocenters. The van der Waals surface area contributed by atoms with Crippen molar-refractivity contribution in [2.24, 2.45) is 5.41 Å². The SMILES string of the molecule is O=C(CCCN1C(=O)c2ccccc2C1=O)N1CCC2(CCNC2)C1. The van der Waals surface area contributed by atoms with Crippen LogP contribution in [0.4, 0.5) is 0 Å². The van der Waals surface area contributed by atoms with Crippen molar-refractivity contribution in [3.05, 3.63) is 35.4 Å². The first kappa shape index (κ1) is 16.3. The fraction of sp³-hybridized carbons (Fsp3) is 0.526. The van der Waals surface area contributed by atoms with Gasteiger partial charge in [0.15, 0.2) is 0 Å². The Bertz CT molecular complexity index is 689. The number of rotatable bonds is 4. The maximum atomic E-state index is 12.5. The second-order valence-electron chi connectivity index (χ2n) is 7.40. The molecule has 2 saturated heterocycles. The van der Waals surface area contributed by atoms with Gasteiger partial charge in [-0.1, -0.05) is 12.1 Å². The number of nitrogens with one attached hydrogen (secondary N) is 1. The van der Waals surface area contributed by atoms with Gasteiger partial charge < -0.3 is 10.2 Å². The minimum atomic E-state index is -0.245. The Morgan fingerprint density at radius 2 is 1.84 bits per heavy atom. The van der Waals surface area contributed by atoms with Crippen LogP contribution in [0.15, 0.2) is 24.3 Å². The minimum absolute atomic E-state index is 0.139. The summed E-state index contributed by atoms with van der Waals surface area (Å²) < 4.78 is 0. The molecule has 0 saturated carbocycles. The molecular formula is C19H23N3O3. The van der Waals surface area contributed by atoms with Crippen LogP contribution in [0.2, 0.25) is 0 Å². The standard InChI is InChI=1S/C19H23N3O3/c23-16(21-11-8-19(13-21)7-9-20-12-19)6-3-10-22-17(24)14-4-1-2-5-15(14)18(22)25/h1-2,4-5,20H,3,6-13H2. The summed E-state index contributed by atoms with van der Waals surface area (Å²) in [5.41, 5.74) is 1.21. The van der Waals surface area contributed by atoms with E-state index in [2.05, 4.69) is 5.32 Å². The summed E-state index contributed by atoms with van der Waals surface area (Å²) in [6.07, 6.45) is 3.12. The smallest absolute Gasteiger partial charge is 0.261 e. The first-order valence-electron chi connectivity index (χ1n) is 9.03. The molecular weight excluding hydrogens is 318 g/mol. The van der Waals surface area contributed by atoms with Crippen molar-refractivity contribution >= 4 is 17.7 Å². The number of hydrogen-bond donors (Lipinski definition) is 1. The van der Waals surface area contributed by atoms with E-state index in [9.17, 15) is 14.4 Å². The molecule has 25 heavy (non-hydrogen) atoms. The van der Waals surface area contributed by atoms with E-state index in [4.69, 9.17) is 0 Å². The summed E-state index contributed by atoms with van der Waals surface area (Å²) in [5, 5.41) is 3.39. The average molecular weight is 341 g/mol. The summed E-state index contributed by atoms with van der Waals surface area (Å²) in [6.45, 7) is 4.02. The average Bonchev–Trinajstić information content (AvgIpc) is 3.32. The molecule has 2 fully saturated rings. The van der Waals surface area contributed by atoms with E-state index in [1.165, 1.54) is 4.90 Å². The number of amides is 3. The second-order valence-corrected chi connectivity index (χ2v) is 7.40. The number of fused-ring (bicyclic) bond motifs is 1. The second kappa shape index (κ2) is 6.26. The number of nitrogens with zero attached hydrogens (tertiary/aromatic N) is 2. The number of carbonyl (C=O) groups excluding carboxylic acids is 3. The summed E-state index contributed by atoms with van der Waals surface area (Å²) in [7, 11) is 0. The number of benzene rings is 1. The van der Waals surface area contributed by atoms with Gasteiger partial charge in [0.25, 0.3) is 11.8 Å². The molecule has 1 aromatic rings. The van der Waals surface area contributed by atoms with Gasteiger partial charge in [-0.2, -0.15) is 0 Å². The van der Waals surface area contributed by atoms with Gasteiger partial charge in [-0.15, -0.1) is 0 Å². The zero-order valence-electron chi connectivity index (χ0n) is 14.3. The molecule has 132 valence electrons. The van der Waals surface area contributed by atoms with Crippen LogP contribution in [0.1, 0.15) is 46.4 Å². The maximum Gasteiger partial charge on any atom is 0.261 e. The van der Waals surface area contributed by atoms with Crippen molar-refractivity contribution in [1.82, 2.24) is 15.1 Å². The highest BCUT2D eigenvalue weighted by Gasteiger charge is 2.41. The molecule has 0 aromatic heterocycles. The summed E-state index contributed by atoms with van der Waals surface area (Å²) in [6, 6.07) is 6.89. The van der Waals surface area contributed by atoms with Gasteiger partial charge in [0.2, 0.25) is 5.91 Å². The van der Waals surface area contributed by atoms with Crippen molar-refractivity contribution in [2.45, 2.75) is 25.7 Å². The maximum absolute atomic E-state index is 12.5. The largest absolute Gasteiger partial charge is 0.342 e.